The summed E-state index contributed by atoms with van der Waals surface area (Å²) in [6.07, 6.45) is 2.10. The highest BCUT2D eigenvalue weighted by molar-refractivity contribution is 6.32. The lowest BCUT2D eigenvalue weighted by atomic mass is 9.90. The zero-order valence-electron chi connectivity index (χ0n) is 9.44. The van der Waals surface area contributed by atoms with E-state index in [1.807, 2.05) is 6.07 Å². The van der Waals surface area contributed by atoms with Crippen molar-refractivity contribution in [2.75, 3.05) is 13.7 Å². The second kappa shape index (κ2) is 4.22. The fraction of sp³-hybridized carbons (Fsp3) is 0.500. The molecule has 1 fully saturated rings. The molecule has 1 heterocycles. The molecule has 1 atom stereocenters. The summed E-state index contributed by atoms with van der Waals surface area (Å²) < 4.78 is 18.7. The van der Waals surface area contributed by atoms with E-state index in [4.69, 9.17) is 16.3 Å². The van der Waals surface area contributed by atoms with E-state index in [0.717, 1.165) is 24.9 Å². The van der Waals surface area contributed by atoms with Crippen molar-refractivity contribution in [3.63, 3.8) is 0 Å². The summed E-state index contributed by atoms with van der Waals surface area (Å²) in [6, 6.07) is 3.30. The molecule has 0 amide bonds. The quantitative estimate of drug-likeness (QED) is 0.862. The van der Waals surface area contributed by atoms with Crippen LogP contribution in [0.3, 0.4) is 0 Å². The lowest BCUT2D eigenvalue weighted by Crippen LogP contribution is -2.33. The van der Waals surface area contributed by atoms with Crippen LogP contribution in [-0.4, -0.2) is 13.7 Å². The molecule has 0 radical (unpaired) electrons. The van der Waals surface area contributed by atoms with Crippen LogP contribution < -0.4 is 10.1 Å². The van der Waals surface area contributed by atoms with Crippen LogP contribution in [0, 0.1) is 5.82 Å². The smallest absolute Gasteiger partial charge is 0.145 e. The molecule has 16 heavy (non-hydrogen) atoms. The molecule has 1 saturated heterocycles. The first-order valence-corrected chi connectivity index (χ1v) is 5.73. The number of halogens is 2. The minimum atomic E-state index is -0.425. The van der Waals surface area contributed by atoms with Crippen LogP contribution in [0.4, 0.5) is 4.39 Å². The van der Waals surface area contributed by atoms with Gasteiger partial charge in [-0.3, -0.25) is 0 Å². The van der Waals surface area contributed by atoms with Gasteiger partial charge in [0.05, 0.1) is 7.11 Å². The third-order valence-corrected chi connectivity index (χ3v) is 3.59. The maximum absolute atomic E-state index is 13.6. The van der Waals surface area contributed by atoms with Crippen molar-refractivity contribution >= 4 is 11.6 Å². The minimum Gasteiger partial charge on any atom is -0.495 e. The van der Waals surface area contributed by atoms with E-state index in [2.05, 4.69) is 12.2 Å². The lowest BCUT2D eigenvalue weighted by molar-refractivity contribution is 0.399. The molecule has 0 aliphatic carbocycles. The fourth-order valence-electron chi connectivity index (χ4n) is 2.17. The van der Waals surface area contributed by atoms with E-state index in [9.17, 15) is 4.39 Å². The van der Waals surface area contributed by atoms with Gasteiger partial charge in [-0.15, -0.1) is 0 Å². The SMILES string of the molecule is COc1cc(C2(C)CCCN2)cc(F)c1Cl. The summed E-state index contributed by atoms with van der Waals surface area (Å²) >= 11 is 5.80. The van der Waals surface area contributed by atoms with Crippen LogP contribution in [0.15, 0.2) is 12.1 Å². The highest BCUT2D eigenvalue weighted by Crippen LogP contribution is 2.36. The van der Waals surface area contributed by atoms with Crippen molar-refractivity contribution in [1.29, 1.82) is 0 Å². The monoisotopic (exact) mass is 243 g/mol. The van der Waals surface area contributed by atoms with Crippen molar-refractivity contribution in [1.82, 2.24) is 5.32 Å². The number of ether oxygens (including phenoxy) is 1. The Hall–Kier alpha value is -0.800. The average Bonchev–Trinajstić information content (AvgIpc) is 2.70. The summed E-state index contributed by atoms with van der Waals surface area (Å²) in [5.74, 6) is -0.0301. The van der Waals surface area contributed by atoms with Crippen molar-refractivity contribution in [2.45, 2.75) is 25.3 Å². The van der Waals surface area contributed by atoms with Crippen molar-refractivity contribution in [2.24, 2.45) is 0 Å². The maximum atomic E-state index is 13.6. The predicted molar refractivity (Wildman–Crippen MR) is 62.6 cm³/mol. The second-order valence-electron chi connectivity index (χ2n) is 4.34. The predicted octanol–water partition coefficient (Wildman–Crippen LogP) is 3.09. The standard InChI is InChI=1S/C12H15ClFNO/c1-12(4-3-5-15-12)8-6-9(14)11(13)10(7-8)16-2/h6-7,15H,3-5H2,1-2H3. The molecule has 1 aromatic rings. The van der Waals surface area contributed by atoms with Crippen molar-refractivity contribution < 1.29 is 9.13 Å². The van der Waals surface area contributed by atoms with Gasteiger partial charge in [-0.05, 0) is 44.0 Å². The van der Waals surface area contributed by atoms with Gasteiger partial charge >= 0.3 is 0 Å². The Balaban J connectivity index is 2.45. The van der Waals surface area contributed by atoms with Gasteiger partial charge in [-0.1, -0.05) is 11.6 Å². The number of benzene rings is 1. The third kappa shape index (κ3) is 1.89. The molecule has 88 valence electrons. The minimum absolute atomic E-state index is 0.0489. The third-order valence-electron chi connectivity index (χ3n) is 3.22. The topological polar surface area (TPSA) is 21.3 Å². The van der Waals surface area contributed by atoms with Crippen LogP contribution >= 0.6 is 11.6 Å². The molecule has 2 nitrogen and oxygen atoms in total. The van der Waals surface area contributed by atoms with E-state index in [-0.39, 0.29) is 10.6 Å². The Morgan fingerprint density at radius 3 is 2.81 bits per heavy atom. The summed E-state index contributed by atoms with van der Waals surface area (Å²) in [4.78, 5) is 0. The Kier molecular flexibility index (Phi) is 3.08. The van der Waals surface area contributed by atoms with Gasteiger partial charge in [-0.25, -0.2) is 4.39 Å². The zero-order chi connectivity index (χ0) is 11.8. The Morgan fingerprint density at radius 2 is 2.25 bits per heavy atom. The number of nitrogens with one attached hydrogen (secondary N) is 1. The van der Waals surface area contributed by atoms with Crippen LogP contribution in [-0.2, 0) is 5.54 Å². The van der Waals surface area contributed by atoms with Crippen LogP contribution in [0.2, 0.25) is 5.02 Å². The first-order chi connectivity index (χ1) is 7.57. The number of rotatable bonds is 2. The Morgan fingerprint density at radius 1 is 1.50 bits per heavy atom. The molecule has 1 aromatic carbocycles. The Labute approximate surface area is 99.7 Å². The number of hydrogen-bond acceptors (Lipinski definition) is 2. The summed E-state index contributed by atoms with van der Waals surface area (Å²) in [5.41, 5.74) is 0.724. The molecule has 2 rings (SSSR count). The molecule has 1 N–H and O–H groups in total. The first-order valence-electron chi connectivity index (χ1n) is 5.35. The van der Waals surface area contributed by atoms with E-state index < -0.39 is 5.82 Å². The molecule has 1 unspecified atom stereocenters. The first kappa shape index (κ1) is 11.7. The molecule has 1 aliphatic heterocycles. The molecule has 4 heteroatoms. The van der Waals surface area contributed by atoms with E-state index in [1.165, 1.54) is 13.2 Å². The van der Waals surface area contributed by atoms with Gasteiger partial charge in [0.25, 0.3) is 0 Å². The highest BCUT2D eigenvalue weighted by atomic mass is 35.5. The maximum Gasteiger partial charge on any atom is 0.145 e. The second-order valence-corrected chi connectivity index (χ2v) is 4.71. The normalized spacial score (nSPS) is 24.8. The summed E-state index contributed by atoms with van der Waals surface area (Å²) in [6.45, 7) is 3.03. The molecule has 1 aliphatic rings. The van der Waals surface area contributed by atoms with Crippen LogP contribution in [0.1, 0.15) is 25.3 Å². The zero-order valence-corrected chi connectivity index (χ0v) is 10.2. The van der Waals surface area contributed by atoms with Gasteiger partial charge in [-0.2, -0.15) is 0 Å². The van der Waals surface area contributed by atoms with E-state index in [0.29, 0.717) is 5.75 Å². The van der Waals surface area contributed by atoms with Gasteiger partial charge < -0.3 is 10.1 Å². The molecule has 0 spiro atoms. The molecule has 0 saturated carbocycles. The van der Waals surface area contributed by atoms with Crippen molar-refractivity contribution in [3.05, 3.63) is 28.5 Å². The largest absolute Gasteiger partial charge is 0.495 e. The Bertz CT molecular complexity index is 402. The molecule has 0 aromatic heterocycles. The van der Waals surface area contributed by atoms with Crippen molar-refractivity contribution in [3.8, 4) is 5.75 Å². The van der Waals surface area contributed by atoms with Gasteiger partial charge in [0, 0.05) is 5.54 Å². The van der Waals surface area contributed by atoms with Gasteiger partial charge in [0.1, 0.15) is 16.6 Å². The average molecular weight is 244 g/mol. The van der Waals surface area contributed by atoms with Gasteiger partial charge in [0.2, 0.25) is 0 Å². The lowest BCUT2D eigenvalue weighted by Gasteiger charge is -2.25. The van der Waals surface area contributed by atoms with Crippen LogP contribution in [0.5, 0.6) is 5.75 Å². The van der Waals surface area contributed by atoms with E-state index in [1.54, 1.807) is 0 Å². The molecular weight excluding hydrogens is 229 g/mol. The molecule has 0 bridgehead atoms. The highest BCUT2D eigenvalue weighted by Gasteiger charge is 2.31. The van der Waals surface area contributed by atoms with E-state index >= 15 is 0 Å². The summed E-state index contributed by atoms with van der Waals surface area (Å²) in [5, 5.41) is 3.43. The number of methoxy groups -OCH3 is 1. The fourth-order valence-corrected chi connectivity index (χ4v) is 2.36. The van der Waals surface area contributed by atoms with Gasteiger partial charge in [0.15, 0.2) is 0 Å². The summed E-state index contributed by atoms with van der Waals surface area (Å²) in [7, 11) is 1.49. The van der Waals surface area contributed by atoms with Crippen LogP contribution in [0.25, 0.3) is 0 Å². The number of hydrogen-bond donors (Lipinski definition) is 1. The molecular formula is C12H15ClFNO.